The number of para-hydroxylation sites is 1. The van der Waals surface area contributed by atoms with E-state index < -0.39 is 0 Å². The van der Waals surface area contributed by atoms with Gasteiger partial charge in [0.05, 0.1) is 11.0 Å². The van der Waals surface area contributed by atoms with Crippen LogP contribution in [0.15, 0.2) is 175 Å². The van der Waals surface area contributed by atoms with E-state index in [0.29, 0.717) is 28.8 Å². The molecule has 236 valence electrons. The van der Waals surface area contributed by atoms with Crippen molar-refractivity contribution in [3.05, 3.63) is 181 Å². The summed E-state index contributed by atoms with van der Waals surface area (Å²) in [5, 5.41) is 2.70. The molecule has 0 N–H and O–H groups in total. The highest BCUT2D eigenvalue weighted by Gasteiger charge is 2.34. The van der Waals surface area contributed by atoms with Gasteiger partial charge in [-0.1, -0.05) is 152 Å². The zero-order chi connectivity index (χ0) is 33.0. The SMILES string of the molecule is C1=CC(c2cccc(-c3ccc4c5ccccc5n(-c5nc(-c6ccccc6)nc(-c6ccccc6)n5)c4c3)c2)C2Sc3ccccc3C2=C1. The van der Waals surface area contributed by atoms with Gasteiger partial charge < -0.3 is 0 Å². The van der Waals surface area contributed by atoms with Crippen molar-refractivity contribution in [1.29, 1.82) is 0 Å². The number of allylic oxidation sites excluding steroid dienone is 3. The van der Waals surface area contributed by atoms with Gasteiger partial charge in [-0.05, 0) is 46.0 Å². The van der Waals surface area contributed by atoms with Gasteiger partial charge in [0.15, 0.2) is 11.6 Å². The lowest BCUT2D eigenvalue weighted by Crippen LogP contribution is -2.14. The Morgan fingerprint density at radius 1 is 0.520 bits per heavy atom. The number of fused-ring (bicyclic) bond motifs is 6. The van der Waals surface area contributed by atoms with Crippen molar-refractivity contribution in [2.24, 2.45) is 0 Å². The predicted molar refractivity (Wildman–Crippen MR) is 206 cm³/mol. The van der Waals surface area contributed by atoms with E-state index >= 15 is 0 Å². The molecule has 4 nitrogen and oxygen atoms in total. The maximum absolute atomic E-state index is 5.12. The Hall–Kier alpha value is -6.04. The second-order valence-corrected chi connectivity index (χ2v) is 14.0. The Morgan fingerprint density at radius 3 is 1.98 bits per heavy atom. The van der Waals surface area contributed by atoms with Crippen molar-refractivity contribution in [2.75, 3.05) is 0 Å². The van der Waals surface area contributed by atoms with Gasteiger partial charge in [-0.25, -0.2) is 4.98 Å². The van der Waals surface area contributed by atoms with Crippen LogP contribution in [0.5, 0.6) is 0 Å². The molecule has 0 bridgehead atoms. The van der Waals surface area contributed by atoms with Gasteiger partial charge in [0.25, 0.3) is 0 Å². The minimum absolute atomic E-state index is 0.292. The zero-order valence-electron chi connectivity index (χ0n) is 27.0. The lowest BCUT2D eigenvalue weighted by Gasteiger charge is -2.25. The van der Waals surface area contributed by atoms with Crippen molar-refractivity contribution >= 4 is 39.1 Å². The molecule has 1 aliphatic heterocycles. The van der Waals surface area contributed by atoms with Crippen LogP contribution in [-0.4, -0.2) is 24.8 Å². The lowest BCUT2D eigenvalue weighted by atomic mass is 9.84. The van der Waals surface area contributed by atoms with Gasteiger partial charge in [-0.2, -0.15) is 9.97 Å². The number of benzene rings is 6. The van der Waals surface area contributed by atoms with Crippen LogP contribution in [0.3, 0.4) is 0 Å². The first-order valence-electron chi connectivity index (χ1n) is 16.9. The molecule has 8 aromatic rings. The fourth-order valence-corrected chi connectivity index (χ4v) is 8.94. The highest BCUT2D eigenvalue weighted by molar-refractivity contribution is 8.01. The van der Waals surface area contributed by atoms with E-state index in [1.165, 1.54) is 27.2 Å². The summed E-state index contributed by atoms with van der Waals surface area (Å²) in [6.45, 7) is 0. The van der Waals surface area contributed by atoms with Crippen LogP contribution in [0.4, 0.5) is 0 Å². The minimum Gasteiger partial charge on any atom is -0.278 e. The Labute approximate surface area is 294 Å². The van der Waals surface area contributed by atoms with Crippen LogP contribution in [-0.2, 0) is 0 Å². The largest absolute Gasteiger partial charge is 0.278 e. The normalized spacial score (nSPS) is 16.4. The van der Waals surface area contributed by atoms with E-state index in [2.05, 4.69) is 114 Å². The van der Waals surface area contributed by atoms with Crippen LogP contribution < -0.4 is 0 Å². The highest BCUT2D eigenvalue weighted by Crippen LogP contribution is 2.52. The Balaban J connectivity index is 1.12. The summed E-state index contributed by atoms with van der Waals surface area (Å²) in [5.74, 6) is 2.18. The summed E-state index contributed by atoms with van der Waals surface area (Å²) in [6, 6.07) is 53.5. The number of rotatable bonds is 5. The summed E-state index contributed by atoms with van der Waals surface area (Å²) in [4.78, 5) is 16.6. The fourth-order valence-electron chi connectivity index (χ4n) is 7.47. The quantitative estimate of drug-likeness (QED) is 0.185. The second kappa shape index (κ2) is 11.8. The van der Waals surface area contributed by atoms with Crippen molar-refractivity contribution in [2.45, 2.75) is 16.1 Å². The van der Waals surface area contributed by atoms with Crippen LogP contribution >= 0.6 is 11.8 Å². The molecule has 0 spiro atoms. The van der Waals surface area contributed by atoms with E-state index in [1.807, 2.05) is 72.4 Å². The first kappa shape index (κ1) is 28.9. The number of hydrogen-bond acceptors (Lipinski definition) is 4. The Kier molecular flexibility index (Phi) is 6.84. The molecule has 10 rings (SSSR count). The van der Waals surface area contributed by atoms with Gasteiger partial charge >= 0.3 is 0 Å². The van der Waals surface area contributed by atoms with Crippen molar-refractivity contribution in [1.82, 2.24) is 19.5 Å². The molecule has 0 fully saturated rings. The monoisotopic (exact) mass is 658 g/mol. The van der Waals surface area contributed by atoms with E-state index in [0.717, 1.165) is 38.5 Å². The molecule has 2 atom stereocenters. The lowest BCUT2D eigenvalue weighted by molar-refractivity contribution is 0.891. The number of thioether (sulfide) groups is 1. The van der Waals surface area contributed by atoms with Gasteiger partial charge in [-0.15, -0.1) is 11.8 Å². The van der Waals surface area contributed by atoms with Crippen molar-refractivity contribution < 1.29 is 0 Å². The van der Waals surface area contributed by atoms with Crippen LogP contribution in [0.2, 0.25) is 0 Å². The van der Waals surface area contributed by atoms with Gasteiger partial charge in [-0.3, -0.25) is 4.57 Å². The van der Waals surface area contributed by atoms with Crippen LogP contribution in [0.25, 0.3) is 67.2 Å². The standard InChI is InChI=1S/C45H30N4S/c1-3-13-29(14-4-1)43-46-44(30-15-5-2-6-16-30)48-45(47-43)49-39-23-9-7-19-35(39)36-26-25-32(28-40(36)49)31-17-11-18-33(27-31)34-21-12-22-38-37-20-8-10-24-41(37)50-42(34)38/h1-28,34,42H. The molecular formula is C45H30N4S. The molecule has 0 amide bonds. The topological polar surface area (TPSA) is 43.6 Å². The molecule has 2 aliphatic rings. The van der Waals surface area contributed by atoms with Crippen molar-refractivity contribution in [3.63, 3.8) is 0 Å². The highest BCUT2D eigenvalue weighted by atomic mass is 32.2. The zero-order valence-corrected chi connectivity index (χ0v) is 27.8. The third kappa shape index (κ3) is 4.81. The van der Waals surface area contributed by atoms with E-state index in [4.69, 9.17) is 15.0 Å². The Bertz CT molecular complexity index is 2580. The maximum Gasteiger partial charge on any atom is 0.238 e. The van der Waals surface area contributed by atoms with E-state index in [1.54, 1.807) is 0 Å². The molecule has 5 heteroatoms. The minimum atomic E-state index is 0.292. The molecule has 2 aromatic heterocycles. The van der Waals surface area contributed by atoms with Crippen molar-refractivity contribution in [3.8, 4) is 39.9 Å². The van der Waals surface area contributed by atoms with Crippen LogP contribution in [0, 0.1) is 0 Å². The van der Waals surface area contributed by atoms with E-state index in [9.17, 15) is 0 Å². The van der Waals surface area contributed by atoms with Crippen LogP contribution in [0.1, 0.15) is 17.0 Å². The number of nitrogens with zero attached hydrogens (tertiary/aromatic N) is 4. The smallest absolute Gasteiger partial charge is 0.238 e. The summed E-state index contributed by atoms with van der Waals surface area (Å²) in [7, 11) is 0. The molecule has 3 heterocycles. The van der Waals surface area contributed by atoms with Gasteiger partial charge in [0, 0.05) is 38.0 Å². The Morgan fingerprint density at radius 2 is 1.18 bits per heavy atom. The number of hydrogen-bond donors (Lipinski definition) is 0. The van der Waals surface area contributed by atoms with E-state index in [-0.39, 0.29) is 0 Å². The molecule has 0 radical (unpaired) electrons. The average Bonchev–Trinajstić information content (AvgIpc) is 3.74. The first-order valence-corrected chi connectivity index (χ1v) is 17.8. The molecular weight excluding hydrogens is 629 g/mol. The second-order valence-electron chi connectivity index (χ2n) is 12.8. The number of aromatic nitrogens is 4. The maximum atomic E-state index is 5.12. The molecule has 2 unspecified atom stereocenters. The average molecular weight is 659 g/mol. The predicted octanol–water partition coefficient (Wildman–Crippen LogP) is 11.2. The molecule has 50 heavy (non-hydrogen) atoms. The van der Waals surface area contributed by atoms with Gasteiger partial charge in [0.1, 0.15) is 0 Å². The van der Waals surface area contributed by atoms with Gasteiger partial charge in [0.2, 0.25) is 5.95 Å². The third-order valence-corrected chi connectivity index (χ3v) is 11.3. The fraction of sp³-hybridized carbons (Fsp3) is 0.0444. The summed E-state index contributed by atoms with van der Waals surface area (Å²) in [6.07, 6.45) is 6.89. The molecule has 0 saturated heterocycles. The summed E-state index contributed by atoms with van der Waals surface area (Å²) in [5.41, 5.74) is 10.5. The molecule has 6 aromatic carbocycles. The molecule has 1 aliphatic carbocycles. The molecule has 0 saturated carbocycles. The third-order valence-electron chi connectivity index (χ3n) is 9.85. The summed E-state index contributed by atoms with van der Waals surface area (Å²) < 4.78 is 2.20. The first-order chi connectivity index (χ1) is 24.8. The summed E-state index contributed by atoms with van der Waals surface area (Å²) >= 11 is 1.99.